The number of rotatable bonds is 7. The van der Waals surface area contributed by atoms with E-state index >= 15 is 0 Å². The number of carbonyl (C=O) groups excluding carboxylic acids is 1. The number of anilines is 1. The van der Waals surface area contributed by atoms with Crippen LogP contribution in [0.15, 0.2) is 93.5 Å². The first-order valence-electron chi connectivity index (χ1n) is 14.1. The lowest BCUT2D eigenvalue weighted by molar-refractivity contribution is -0.138. The molecule has 0 aliphatic carbocycles. The average Bonchev–Trinajstić information content (AvgIpc) is 3.71. The lowest BCUT2D eigenvalue weighted by atomic mass is 9.97. The summed E-state index contributed by atoms with van der Waals surface area (Å²) in [4.78, 5) is 36.1. The average molecular weight is 609 g/mol. The van der Waals surface area contributed by atoms with Crippen LogP contribution in [0.4, 0.5) is 5.69 Å². The van der Waals surface area contributed by atoms with Crippen LogP contribution in [-0.4, -0.2) is 35.8 Å². The Morgan fingerprint density at radius 1 is 1.05 bits per heavy atom. The van der Waals surface area contributed by atoms with Gasteiger partial charge in [-0.05, 0) is 74.2 Å². The first kappa shape index (κ1) is 28.6. The van der Waals surface area contributed by atoms with Gasteiger partial charge in [0.25, 0.3) is 5.56 Å². The summed E-state index contributed by atoms with van der Waals surface area (Å²) in [7, 11) is 4.05. The molecule has 4 heterocycles. The number of ether oxygens (including phenoxy) is 1. The van der Waals surface area contributed by atoms with E-state index in [1.807, 2.05) is 68.0 Å². The van der Waals surface area contributed by atoms with Crippen molar-refractivity contribution in [1.29, 1.82) is 0 Å². The number of carbonyl (C=O) groups is 1. The highest BCUT2D eigenvalue weighted by Crippen LogP contribution is 2.37. The molecule has 2 aromatic carbocycles. The quantitative estimate of drug-likeness (QED) is 0.230. The van der Waals surface area contributed by atoms with E-state index in [2.05, 4.69) is 53.6 Å². The fourth-order valence-electron chi connectivity index (χ4n) is 5.53. The molecule has 0 saturated heterocycles. The number of esters is 1. The van der Waals surface area contributed by atoms with E-state index in [9.17, 15) is 9.59 Å². The Hall–Kier alpha value is -4.47. The minimum atomic E-state index is -0.643. The standard InChI is InChI=1S/C34H32N4O3S2/c1-6-41-33(40)29-30(23-11-8-7-9-12-23)35-34-38(31(29)27-13-10-18-42-27)32(39)28(43-34)20-24-19-21(2)37(22(24)3)26-16-14-25(15-17-26)36(4)5/h7-20,31H,6H2,1-5H3/b28-20+/t31-/m1/s1. The molecule has 1 aliphatic rings. The number of thiophene rings is 1. The van der Waals surface area contributed by atoms with Gasteiger partial charge >= 0.3 is 5.97 Å². The van der Waals surface area contributed by atoms with Gasteiger partial charge in [-0.1, -0.05) is 47.7 Å². The third kappa shape index (κ3) is 5.19. The summed E-state index contributed by atoms with van der Waals surface area (Å²) in [5, 5.41) is 1.95. The monoisotopic (exact) mass is 608 g/mol. The lowest BCUT2D eigenvalue weighted by Crippen LogP contribution is -2.39. The Balaban J connectivity index is 1.54. The third-order valence-corrected chi connectivity index (χ3v) is 9.48. The molecule has 43 heavy (non-hydrogen) atoms. The fourth-order valence-corrected chi connectivity index (χ4v) is 7.34. The van der Waals surface area contributed by atoms with Crippen LogP contribution in [0.3, 0.4) is 0 Å². The molecule has 5 aromatic rings. The van der Waals surface area contributed by atoms with Gasteiger partial charge in [0, 0.05) is 47.3 Å². The SMILES string of the molecule is CCOC(=O)C1=C(c2ccccc2)N=c2s/c(=C/c3cc(C)n(-c4ccc(N(C)C)cc4)c3C)c(=O)n2[C@@H]1c1cccs1. The van der Waals surface area contributed by atoms with Crippen molar-refractivity contribution >= 4 is 46.1 Å². The molecule has 1 aliphatic heterocycles. The molecule has 1 atom stereocenters. The molecule has 0 spiro atoms. The Labute approximate surface area is 258 Å². The van der Waals surface area contributed by atoms with E-state index in [0.29, 0.717) is 20.6 Å². The summed E-state index contributed by atoms with van der Waals surface area (Å²) in [5.41, 5.74) is 6.77. The number of thiazole rings is 1. The highest BCUT2D eigenvalue weighted by molar-refractivity contribution is 7.10. The van der Waals surface area contributed by atoms with E-state index in [1.165, 1.54) is 22.7 Å². The van der Waals surface area contributed by atoms with Crippen molar-refractivity contribution in [3.8, 4) is 5.69 Å². The highest BCUT2D eigenvalue weighted by atomic mass is 32.1. The maximum atomic E-state index is 14.2. The van der Waals surface area contributed by atoms with E-state index in [0.717, 1.165) is 38.8 Å². The minimum Gasteiger partial charge on any atom is -0.463 e. The second kappa shape index (κ2) is 11.7. The van der Waals surface area contributed by atoms with Crippen molar-refractivity contribution in [3.63, 3.8) is 0 Å². The molecule has 0 amide bonds. The second-order valence-corrected chi connectivity index (χ2v) is 12.5. The smallest absolute Gasteiger partial charge is 0.338 e. The maximum Gasteiger partial charge on any atom is 0.338 e. The summed E-state index contributed by atoms with van der Waals surface area (Å²) in [6.45, 7) is 6.14. The number of nitrogens with zero attached hydrogens (tertiary/aromatic N) is 4. The molecular weight excluding hydrogens is 577 g/mol. The molecule has 3 aromatic heterocycles. The van der Waals surface area contributed by atoms with Gasteiger partial charge in [0.05, 0.1) is 22.4 Å². The predicted molar refractivity (Wildman–Crippen MR) is 175 cm³/mol. The van der Waals surface area contributed by atoms with Gasteiger partial charge in [-0.25, -0.2) is 9.79 Å². The topological polar surface area (TPSA) is 68.8 Å². The normalized spacial score (nSPS) is 14.9. The van der Waals surface area contributed by atoms with Gasteiger partial charge < -0.3 is 14.2 Å². The Morgan fingerprint density at radius 3 is 2.44 bits per heavy atom. The zero-order valence-electron chi connectivity index (χ0n) is 24.7. The third-order valence-electron chi connectivity index (χ3n) is 7.57. The second-order valence-electron chi connectivity index (χ2n) is 10.5. The van der Waals surface area contributed by atoms with E-state index in [1.54, 1.807) is 11.5 Å². The molecule has 7 nitrogen and oxygen atoms in total. The van der Waals surface area contributed by atoms with Crippen LogP contribution in [0.25, 0.3) is 17.5 Å². The zero-order chi connectivity index (χ0) is 30.2. The van der Waals surface area contributed by atoms with Crippen LogP contribution in [0.2, 0.25) is 0 Å². The van der Waals surface area contributed by atoms with Gasteiger partial charge in [0.1, 0.15) is 6.04 Å². The van der Waals surface area contributed by atoms with Crippen LogP contribution in [0.1, 0.15) is 40.4 Å². The van der Waals surface area contributed by atoms with Crippen molar-refractivity contribution in [2.75, 3.05) is 25.6 Å². The molecule has 218 valence electrons. The van der Waals surface area contributed by atoms with Crippen molar-refractivity contribution < 1.29 is 9.53 Å². The van der Waals surface area contributed by atoms with Crippen molar-refractivity contribution in [2.45, 2.75) is 26.8 Å². The largest absolute Gasteiger partial charge is 0.463 e. The molecular formula is C34H32N4O3S2. The maximum absolute atomic E-state index is 14.2. The number of aryl methyl sites for hydroxylation is 1. The predicted octanol–water partition coefficient (Wildman–Crippen LogP) is 5.47. The van der Waals surface area contributed by atoms with Gasteiger partial charge in [-0.15, -0.1) is 11.3 Å². The molecule has 0 N–H and O–H groups in total. The first-order valence-corrected chi connectivity index (χ1v) is 15.8. The number of hydrogen-bond acceptors (Lipinski definition) is 7. The van der Waals surface area contributed by atoms with Gasteiger partial charge in [0.2, 0.25) is 0 Å². The molecule has 6 rings (SSSR count). The summed E-state index contributed by atoms with van der Waals surface area (Å²) in [5.74, 6) is -0.471. The van der Waals surface area contributed by atoms with Crippen LogP contribution in [0.5, 0.6) is 0 Å². The molecule has 0 unspecified atom stereocenters. The van der Waals surface area contributed by atoms with Crippen LogP contribution in [-0.2, 0) is 9.53 Å². The number of fused-ring (bicyclic) bond motifs is 1. The van der Waals surface area contributed by atoms with Crippen LogP contribution < -0.4 is 19.8 Å². The summed E-state index contributed by atoms with van der Waals surface area (Å²) < 4.78 is 9.94. The number of hydrogen-bond donors (Lipinski definition) is 0. The molecule has 0 bridgehead atoms. The Morgan fingerprint density at radius 2 is 1.79 bits per heavy atom. The van der Waals surface area contributed by atoms with Crippen molar-refractivity contribution in [1.82, 2.24) is 9.13 Å². The van der Waals surface area contributed by atoms with E-state index in [-0.39, 0.29) is 12.2 Å². The summed E-state index contributed by atoms with van der Waals surface area (Å²) >= 11 is 2.84. The molecule has 0 fully saturated rings. The van der Waals surface area contributed by atoms with Crippen molar-refractivity contribution in [3.05, 3.63) is 131 Å². The lowest BCUT2D eigenvalue weighted by Gasteiger charge is -2.24. The van der Waals surface area contributed by atoms with Gasteiger partial charge in [0.15, 0.2) is 4.80 Å². The Kier molecular flexibility index (Phi) is 7.77. The number of aromatic nitrogens is 2. The molecule has 9 heteroatoms. The fraction of sp³-hybridized carbons (Fsp3) is 0.206. The highest BCUT2D eigenvalue weighted by Gasteiger charge is 2.35. The first-order chi connectivity index (χ1) is 20.8. The van der Waals surface area contributed by atoms with Crippen LogP contribution >= 0.6 is 22.7 Å². The molecule has 0 saturated carbocycles. The van der Waals surface area contributed by atoms with E-state index in [4.69, 9.17) is 9.73 Å². The summed E-state index contributed by atoms with van der Waals surface area (Å²) in [6, 6.07) is 23.4. The number of benzene rings is 2. The van der Waals surface area contributed by atoms with E-state index < -0.39 is 12.0 Å². The van der Waals surface area contributed by atoms with Gasteiger partial charge in [-0.3, -0.25) is 9.36 Å². The minimum absolute atomic E-state index is 0.184. The Bertz CT molecular complexity index is 2010. The van der Waals surface area contributed by atoms with Gasteiger partial charge in [-0.2, -0.15) is 0 Å². The zero-order valence-corrected chi connectivity index (χ0v) is 26.3. The molecule has 0 radical (unpaired) electrons. The van der Waals surface area contributed by atoms with Crippen LogP contribution in [0, 0.1) is 13.8 Å². The van der Waals surface area contributed by atoms with Crippen molar-refractivity contribution in [2.24, 2.45) is 4.99 Å². The summed E-state index contributed by atoms with van der Waals surface area (Å²) in [6.07, 6.45) is 1.94.